The number of nitrogens with one attached hydrogen (secondary N) is 1. The fourth-order valence-electron chi connectivity index (χ4n) is 2.75. The van der Waals surface area contributed by atoms with Crippen molar-refractivity contribution in [2.24, 2.45) is 0 Å². The number of anilines is 1. The summed E-state index contributed by atoms with van der Waals surface area (Å²) in [6.45, 7) is 10.9. The molecule has 5 nitrogen and oxygen atoms in total. The molecular formula is C20H30N4OS. The first-order valence-corrected chi connectivity index (χ1v) is 9.69. The van der Waals surface area contributed by atoms with Crippen molar-refractivity contribution in [2.75, 3.05) is 25.0 Å². The highest BCUT2D eigenvalue weighted by atomic mass is 32.1. The van der Waals surface area contributed by atoms with E-state index in [9.17, 15) is 0 Å². The molecule has 0 saturated carbocycles. The Morgan fingerprint density at radius 1 is 1.23 bits per heavy atom. The van der Waals surface area contributed by atoms with E-state index in [0.29, 0.717) is 12.6 Å². The van der Waals surface area contributed by atoms with Crippen LogP contribution in [0.3, 0.4) is 0 Å². The number of rotatable bonds is 8. The van der Waals surface area contributed by atoms with E-state index in [0.717, 1.165) is 47.3 Å². The van der Waals surface area contributed by atoms with Crippen molar-refractivity contribution >= 4 is 23.2 Å². The lowest BCUT2D eigenvalue weighted by atomic mass is 10.1. The maximum atomic E-state index is 5.78. The second-order valence-electron chi connectivity index (χ2n) is 6.64. The lowest BCUT2D eigenvalue weighted by Gasteiger charge is -2.27. The number of benzene rings is 1. The molecule has 0 unspecified atom stereocenters. The molecule has 6 heteroatoms. The van der Waals surface area contributed by atoms with E-state index in [2.05, 4.69) is 60.1 Å². The van der Waals surface area contributed by atoms with Crippen LogP contribution < -0.4 is 10.2 Å². The van der Waals surface area contributed by atoms with Crippen LogP contribution in [0, 0.1) is 0 Å². The summed E-state index contributed by atoms with van der Waals surface area (Å²) in [6, 6.07) is 10.5. The summed E-state index contributed by atoms with van der Waals surface area (Å²) in [5, 5.41) is 8.44. The van der Waals surface area contributed by atoms with Gasteiger partial charge in [0.05, 0.1) is 12.1 Å². The molecular weight excluding hydrogens is 344 g/mol. The van der Waals surface area contributed by atoms with Gasteiger partial charge in [-0.25, -0.2) is 0 Å². The van der Waals surface area contributed by atoms with Gasteiger partial charge in [0.15, 0.2) is 5.11 Å². The minimum Gasteiger partial charge on any atom is -0.363 e. The number of hydrogen-bond acceptors (Lipinski definition) is 4. The third-order valence-electron chi connectivity index (χ3n) is 4.37. The summed E-state index contributed by atoms with van der Waals surface area (Å²) >= 11 is 5.58. The quantitative estimate of drug-likeness (QED) is 0.695. The highest BCUT2D eigenvalue weighted by Crippen LogP contribution is 2.32. The van der Waals surface area contributed by atoms with Crippen molar-refractivity contribution in [3.05, 3.63) is 35.9 Å². The molecule has 0 radical (unpaired) electrons. The predicted octanol–water partition coefficient (Wildman–Crippen LogP) is 4.29. The largest absolute Gasteiger partial charge is 0.363 e. The third-order valence-corrected chi connectivity index (χ3v) is 4.77. The average molecular weight is 375 g/mol. The number of aromatic nitrogens is 1. The van der Waals surface area contributed by atoms with E-state index in [1.54, 1.807) is 0 Å². The van der Waals surface area contributed by atoms with Gasteiger partial charge in [0, 0.05) is 31.7 Å². The molecule has 0 atom stereocenters. The number of hydrogen-bond donors (Lipinski definition) is 1. The molecule has 0 aliphatic carbocycles. The normalized spacial score (nSPS) is 10.8. The van der Waals surface area contributed by atoms with Gasteiger partial charge in [-0.05, 0) is 39.4 Å². The summed E-state index contributed by atoms with van der Waals surface area (Å²) in [6.07, 6.45) is 1.02. The van der Waals surface area contributed by atoms with Crippen LogP contribution >= 0.6 is 12.2 Å². The maximum absolute atomic E-state index is 5.78. The monoisotopic (exact) mass is 374 g/mol. The first kappa shape index (κ1) is 20.2. The molecule has 0 amide bonds. The standard InChI is InChI=1S/C20H30N4OS/c1-6-13-24(20(26)21-7-2)14-17-18(16-11-9-8-10-12-16)22-25-19(17)23(5)15(3)4/h8-12,15H,6-7,13-14H2,1-5H3,(H,21,26). The smallest absolute Gasteiger partial charge is 0.232 e. The zero-order valence-electron chi connectivity index (χ0n) is 16.5. The molecule has 0 aliphatic heterocycles. The Balaban J connectivity index is 2.45. The van der Waals surface area contributed by atoms with Crippen molar-refractivity contribution < 1.29 is 4.52 Å². The van der Waals surface area contributed by atoms with Crippen LogP contribution in [-0.4, -0.2) is 41.3 Å². The molecule has 0 spiro atoms. The Morgan fingerprint density at radius 3 is 2.50 bits per heavy atom. The molecule has 0 aliphatic rings. The van der Waals surface area contributed by atoms with Gasteiger partial charge < -0.3 is 19.6 Å². The average Bonchev–Trinajstić information content (AvgIpc) is 3.05. The van der Waals surface area contributed by atoms with Crippen LogP contribution in [-0.2, 0) is 6.54 Å². The molecule has 142 valence electrons. The second-order valence-corrected chi connectivity index (χ2v) is 7.03. The predicted molar refractivity (Wildman–Crippen MR) is 112 cm³/mol. The topological polar surface area (TPSA) is 44.5 Å². The SMILES string of the molecule is CCCN(Cc1c(-c2ccccc2)noc1N(C)C(C)C)C(=S)NCC. The van der Waals surface area contributed by atoms with Gasteiger partial charge in [-0.1, -0.05) is 42.4 Å². The molecule has 0 fully saturated rings. The first-order valence-electron chi connectivity index (χ1n) is 9.29. The van der Waals surface area contributed by atoms with E-state index in [-0.39, 0.29) is 0 Å². The van der Waals surface area contributed by atoms with E-state index < -0.39 is 0 Å². The number of nitrogens with zero attached hydrogens (tertiary/aromatic N) is 3. The van der Waals surface area contributed by atoms with Gasteiger partial charge >= 0.3 is 0 Å². The molecule has 2 aromatic rings. The highest BCUT2D eigenvalue weighted by Gasteiger charge is 2.24. The maximum Gasteiger partial charge on any atom is 0.232 e. The molecule has 0 bridgehead atoms. The molecule has 1 aromatic carbocycles. The van der Waals surface area contributed by atoms with Gasteiger partial charge in [-0.3, -0.25) is 0 Å². The molecule has 1 N–H and O–H groups in total. The van der Waals surface area contributed by atoms with Gasteiger partial charge in [-0.15, -0.1) is 0 Å². The van der Waals surface area contributed by atoms with Crippen LogP contribution in [0.2, 0.25) is 0 Å². The number of thiocarbonyl (C=S) groups is 1. The van der Waals surface area contributed by atoms with E-state index >= 15 is 0 Å². The Bertz CT molecular complexity index is 699. The summed E-state index contributed by atoms with van der Waals surface area (Å²) in [5.74, 6) is 0.805. The van der Waals surface area contributed by atoms with Crippen LogP contribution in [0.1, 0.15) is 39.7 Å². The van der Waals surface area contributed by atoms with Crippen LogP contribution in [0.5, 0.6) is 0 Å². The van der Waals surface area contributed by atoms with Crippen LogP contribution in [0.4, 0.5) is 5.88 Å². The van der Waals surface area contributed by atoms with Gasteiger partial charge in [-0.2, -0.15) is 0 Å². The lowest BCUT2D eigenvalue weighted by molar-refractivity contribution is 0.395. The Morgan fingerprint density at radius 2 is 1.92 bits per heavy atom. The fraction of sp³-hybridized carbons (Fsp3) is 0.500. The molecule has 1 aromatic heterocycles. The van der Waals surface area contributed by atoms with Crippen molar-refractivity contribution in [3.8, 4) is 11.3 Å². The van der Waals surface area contributed by atoms with Crippen molar-refractivity contribution in [2.45, 2.75) is 46.7 Å². The Labute approximate surface area is 162 Å². The molecule has 1 heterocycles. The van der Waals surface area contributed by atoms with Crippen LogP contribution in [0.15, 0.2) is 34.9 Å². The summed E-state index contributed by atoms with van der Waals surface area (Å²) < 4.78 is 5.78. The highest BCUT2D eigenvalue weighted by molar-refractivity contribution is 7.80. The van der Waals surface area contributed by atoms with Gasteiger partial charge in [0.1, 0.15) is 5.69 Å². The summed E-state index contributed by atoms with van der Waals surface area (Å²) in [4.78, 5) is 4.31. The molecule has 2 rings (SSSR count). The minimum atomic E-state index is 0.311. The molecule has 0 saturated heterocycles. The fourth-order valence-corrected chi connectivity index (χ4v) is 3.05. The Hall–Kier alpha value is -2.08. The van der Waals surface area contributed by atoms with Gasteiger partial charge in [0.25, 0.3) is 0 Å². The third kappa shape index (κ3) is 4.75. The van der Waals surface area contributed by atoms with Crippen molar-refractivity contribution in [3.63, 3.8) is 0 Å². The summed E-state index contributed by atoms with van der Waals surface area (Å²) in [5.41, 5.74) is 3.01. The van der Waals surface area contributed by atoms with Crippen LogP contribution in [0.25, 0.3) is 11.3 Å². The first-order chi connectivity index (χ1) is 12.5. The lowest BCUT2D eigenvalue weighted by Crippen LogP contribution is -2.40. The summed E-state index contributed by atoms with van der Waals surface area (Å²) in [7, 11) is 2.04. The van der Waals surface area contributed by atoms with Crippen molar-refractivity contribution in [1.82, 2.24) is 15.4 Å². The second kappa shape index (κ2) is 9.57. The van der Waals surface area contributed by atoms with Gasteiger partial charge in [0.2, 0.25) is 5.88 Å². The zero-order valence-corrected chi connectivity index (χ0v) is 17.3. The van der Waals surface area contributed by atoms with Crippen molar-refractivity contribution in [1.29, 1.82) is 0 Å². The minimum absolute atomic E-state index is 0.311. The molecule has 26 heavy (non-hydrogen) atoms. The van der Waals surface area contributed by atoms with E-state index in [1.807, 2.05) is 25.2 Å². The van der Waals surface area contributed by atoms with E-state index in [4.69, 9.17) is 16.7 Å². The zero-order chi connectivity index (χ0) is 19.1. The van der Waals surface area contributed by atoms with E-state index in [1.165, 1.54) is 0 Å². The Kier molecular flexibility index (Phi) is 7.45.